The van der Waals surface area contributed by atoms with Crippen LogP contribution in [0.25, 0.3) is 0 Å². The molecular weight excluding hydrogens is 304 g/mol. The van der Waals surface area contributed by atoms with E-state index in [2.05, 4.69) is 28.2 Å². The van der Waals surface area contributed by atoms with Crippen molar-refractivity contribution >= 4 is 12.1 Å². The molecule has 6 heteroatoms. The standard InChI is InChI=1S/C18H30N4O2/c1-21-9-11-22(12-10-21)16(7-8-20-14-23)5-3-15-4-6-17(19)18(13-15)24-2/h4,6,13-14,16H,3,5,7-12,19H2,1-2H3,(H,20,23). The molecule has 1 heterocycles. The SMILES string of the molecule is COc1cc(CCC(CCNC=O)N2CCN(C)CC2)ccc1N. The molecule has 2 rings (SSSR count). The molecule has 3 N–H and O–H groups in total. The normalized spacial score (nSPS) is 17.4. The highest BCUT2D eigenvalue weighted by Gasteiger charge is 2.22. The lowest BCUT2D eigenvalue weighted by Crippen LogP contribution is -2.49. The summed E-state index contributed by atoms with van der Waals surface area (Å²) in [5.41, 5.74) is 7.80. The number of hydrogen-bond donors (Lipinski definition) is 2. The van der Waals surface area contributed by atoms with E-state index in [1.165, 1.54) is 5.56 Å². The number of carbonyl (C=O) groups is 1. The molecule has 0 bridgehead atoms. The Morgan fingerprint density at radius 1 is 1.29 bits per heavy atom. The van der Waals surface area contributed by atoms with Crippen LogP contribution in [-0.2, 0) is 11.2 Å². The van der Waals surface area contributed by atoms with Gasteiger partial charge in [-0.05, 0) is 44.0 Å². The molecule has 1 amide bonds. The van der Waals surface area contributed by atoms with Gasteiger partial charge in [0.25, 0.3) is 0 Å². The molecule has 1 unspecified atom stereocenters. The third-order valence-corrected chi connectivity index (χ3v) is 4.82. The molecule has 24 heavy (non-hydrogen) atoms. The van der Waals surface area contributed by atoms with Gasteiger partial charge in [0, 0.05) is 38.8 Å². The van der Waals surface area contributed by atoms with Gasteiger partial charge in [-0.15, -0.1) is 0 Å². The summed E-state index contributed by atoms with van der Waals surface area (Å²) >= 11 is 0. The minimum Gasteiger partial charge on any atom is -0.495 e. The van der Waals surface area contributed by atoms with E-state index in [-0.39, 0.29) is 0 Å². The smallest absolute Gasteiger partial charge is 0.207 e. The number of nitrogens with one attached hydrogen (secondary N) is 1. The van der Waals surface area contributed by atoms with E-state index in [9.17, 15) is 4.79 Å². The zero-order valence-corrected chi connectivity index (χ0v) is 14.8. The summed E-state index contributed by atoms with van der Waals surface area (Å²) in [5, 5.41) is 2.80. The molecule has 1 saturated heterocycles. The fraction of sp³-hybridized carbons (Fsp3) is 0.611. The lowest BCUT2D eigenvalue weighted by atomic mass is 10.00. The van der Waals surface area contributed by atoms with Gasteiger partial charge in [-0.1, -0.05) is 6.07 Å². The van der Waals surface area contributed by atoms with Crippen LogP contribution in [0.3, 0.4) is 0 Å². The first-order chi connectivity index (χ1) is 11.6. The van der Waals surface area contributed by atoms with Crippen LogP contribution in [0.1, 0.15) is 18.4 Å². The summed E-state index contributed by atoms with van der Waals surface area (Å²) in [4.78, 5) is 15.5. The molecule has 134 valence electrons. The number of nitrogen functional groups attached to an aromatic ring is 1. The molecule has 1 fully saturated rings. The predicted molar refractivity (Wildman–Crippen MR) is 97.3 cm³/mol. The van der Waals surface area contributed by atoms with Gasteiger partial charge < -0.3 is 20.7 Å². The van der Waals surface area contributed by atoms with Crippen LogP contribution in [0.2, 0.25) is 0 Å². The van der Waals surface area contributed by atoms with Gasteiger partial charge in [-0.25, -0.2) is 0 Å². The number of benzene rings is 1. The fourth-order valence-corrected chi connectivity index (χ4v) is 3.25. The molecule has 1 aromatic carbocycles. The first-order valence-corrected chi connectivity index (χ1v) is 8.66. The second kappa shape index (κ2) is 9.49. The Balaban J connectivity index is 1.95. The van der Waals surface area contributed by atoms with Crippen LogP contribution >= 0.6 is 0 Å². The van der Waals surface area contributed by atoms with E-state index in [4.69, 9.17) is 10.5 Å². The summed E-state index contributed by atoms with van der Waals surface area (Å²) in [5.74, 6) is 0.742. The number of nitrogens with zero attached hydrogens (tertiary/aromatic N) is 2. The Hall–Kier alpha value is -1.79. The maximum atomic E-state index is 10.5. The molecule has 0 aliphatic carbocycles. The van der Waals surface area contributed by atoms with Crippen molar-refractivity contribution in [3.63, 3.8) is 0 Å². The molecular formula is C18H30N4O2. The second-order valence-electron chi connectivity index (χ2n) is 6.47. The van der Waals surface area contributed by atoms with Crippen molar-refractivity contribution in [3.05, 3.63) is 23.8 Å². The topological polar surface area (TPSA) is 70.8 Å². The average molecular weight is 334 g/mol. The number of piperazine rings is 1. The van der Waals surface area contributed by atoms with Gasteiger partial charge in [0.1, 0.15) is 5.75 Å². The van der Waals surface area contributed by atoms with E-state index in [0.29, 0.717) is 11.7 Å². The van der Waals surface area contributed by atoms with Gasteiger partial charge >= 0.3 is 0 Å². The van der Waals surface area contributed by atoms with Crippen molar-refractivity contribution in [3.8, 4) is 5.75 Å². The summed E-state index contributed by atoms with van der Waals surface area (Å²) in [7, 11) is 3.81. The Bertz CT molecular complexity index is 516. The highest BCUT2D eigenvalue weighted by atomic mass is 16.5. The lowest BCUT2D eigenvalue weighted by Gasteiger charge is -2.38. The Morgan fingerprint density at radius 3 is 2.71 bits per heavy atom. The molecule has 0 aromatic heterocycles. The van der Waals surface area contributed by atoms with E-state index in [1.807, 2.05) is 12.1 Å². The molecule has 1 aliphatic rings. The first kappa shape index (κ1) is 18.5. The van der Waals surface area contributed by atoms with Gasteiger partial charge in [0.15, 0.2) is 0 Å². The van der Waals surface area contributed by atoms with E-state index >= 15 is 0 Å². The van der Waals surface area contributed by atoms with Crippen LogP contribution in [0.15, 0.2) is 18.2 Å². The highest BCUT2D eigenvalue weighted by molar-refractivity contribution is 5.53. The van der Waals surface area contributed by atoms with Crippen molar-refractivity contribution in [1.29, 1.82) is 0 Å². The molecule has 1 atom stereocenters. The fourth-order valence-electron chi connectivity index (χ4n) is 3.25. The number of amides is 1. The summed E-state index contributed by atoms with van der Waals surface area (Å²) in [6.07, 6.45) is 3.81. The zero-order valence-electron chi connectivity index (χ0n) is 14.8. The average Bonchev–Trinajstić information content (AvgIpc) is 2.60. The van der Waals surface area contributed by atoms with Crippen LogP contribution < -0.4 is 15.8 Å². The third kappa shape index (κ3) is 5.39. The third-order valence-electron chi connectivity index (χ3n) is 4.82. The maximum absolute atomic E-state index is 10.5. The van der Waals surface area contributed by atoms with Crippen molar-refractivity contribution in [2.45, 2.75) is 25.3 Å². The Morgan fingerprint density at radius 2 is 2.04 bits per heavy atom. The van der Waals surface area contributed by atoms with Crippen LogP contribution in [0.4, 0.5) is 5.69 Å². The van der Waals surface area contributed by atoms with Crippen molar-refractivity contribution < 1.29 is 9.53 Å². The number of rotatable bonds is 9. The molecule has 0 spiro atoms. The molecule has 0 radical (unpaired) electrons. The van der Waals surface area contributed by atoms with E-state index in [0.717, 1.165) is 64.1 Å². The monoisotopic (exact) mass is 334 g/mol. The highest BCUT2D eigenvalue weighted by Crippen LogP contribution is 2.24. The second-order valence-corrected chi connectivity index (χ2v) is 6.47. The molecule has 1 aromatic rings. The van der Waals surface area contributed by atoms with Crippen molar-refractivity contribution in [2.24, 2.45) is 0 Å². The Labute approximate surface area is 144 Å². The molecule has 6 nitrogen and oxygen atoms in total. The van der Waals surface area contributed by atoms with Crippen LogP contribution in [-0.4, -0.2) is 69.1 Å². The molecule has 0 saturated carbocycles. The maximum Gasteiger partial charge on any atom is 0.207 e. The number of anilines is 1. The number of nitrogens with two attached hydrogens (primary N) is 1. The quantitative estimate of drug-likeness (QED) is 0.400. The van der Waals surface area contributed by atoms with Crippen molar-refractivity contribution in [1.82, 2.24) is 15.1 Å². The minimum atomic E-state index is 0.481. The summed E-state index contributed by atoms with van der Waals surface area (Å²) in [6.45, 7) is 5.12. The van der Waals surface area contributed by atoms with Crippen molar-refractivity contribution in [2.75, 3.05) is 52.6 Å². The molecule has 1 aliphatic heterocycles. The number of ether oxygens (including phenoxy) is 1. The zero-order chi connectivity index (χ0) is 17.4. The number of aryl methyl sites for hydroxylation is 1. The number of likely N-dealkylation sites (N-methyl/N-ethyl adjacent to an activating group) is 1. The van der Waals surface area contributed by atoms with E-state index < -0.39 is 0 Å². The largest absolute Gasteiger partial charge is 0.495 e. The number of methoxy groups -OCH3 is 1. The van der Waals surface area contributed by atoms with Crippen LogP contribution in [0.5, 0.6) is 5.75 Å². The summed E-state index contributed by atoms with van der Waals surface area (Å²) < 4.78 is 5.31. The lowest BCUT2D eigenvalue weighted by molar-refractivity contribution is -0.109. The van der Waals surface area contributed by atoms with Gasteiger partial charge in [-0.3, -0.25) is 9.69 Å². The summed E-state index contributed by atoms with van der Waals surface area (Å²) in [6, 6.07) is 6.49. The van der Waals surface area contributed by atoms with Gasteiger partial charge in [0.2, 0.25) is 6.41 Å². The number of hydrogen-bond acceptors (Lipinski definition) is 5. The first-order valence-electron chi connectivity index (χ1n) is 8.66. The predicted octanol–water partition coefficient (Wildman–Crippen LogP) is 0.962. The minimum absolute atomic E-state index is 0.481. The van der Waals surface area contributed by atoms with Gasteiger partial charge in [-0.2, -0.15) is 0 Å². The van der Waals surface area contributed by atoms with E-state index in [1.54, 1.807) is 7.11 Å². The van der Waals surface area contributed by atoms with Gasteiger partial charge in [0.05, 0.1) is 12.8 Å². The van der Waals surface area contributed by atoms with Crippen LogP contribution in [0, 0.1) is 0 Å². The Kier molecular flexibility index (Phi) is 7.34. The number of carbonyl (C=O) groups excluding carboxylic acids is 1.